The molecule has 0 radical (unpaired) electrons. The van der Waals surface area contributed by atoms with E-state index < -0.39 is 11.9 Å². The van der Waals surface area contributed by atoms with Crippen LogP contribution in [0.3, 0.4) is 0 Å². The third-order valence-electron chi connectivity index (χ3n) is 5.42. The summed E-state index contributed by atoms with van der Waals surface area (Å²) in [4.78, 5) is 53.9. The molecule has 168 valence electrons. The summed E-state index contributed by atoms with van der Waals surface area (Å²) in [5, 5.41) is 4.47. The van der Waals surface area contributed by atoms with Crippen LogP contribution in [-0.4, -0.2) is 41.1 Å². The van der Waals surface area contributed by atoms with Crippen LogP contribution >= 0.6 is 11.3 Å². The number of amides is 4. The number of rotatable bonds is 7. The fourth-order valence-corrected chi connectivity index (χ4v) is 4.54. The first-order chi connectivity index (χ1) is 15.9. The summed E-state index contributed by atoms with van der Waals surface area (Å²) >= 11 is 1.31. The highest BCUT2D eigenvalue weighted by molar-refractivity contribution is 7.12. The van der Waals surface area contributed by atoms with Gasteiger partial charge in [-0.3, -0.25) is 19.2 Å². The number of carbonyl (C=O) groups is 4. The Morgan fingerprint density at radius 3 is 2.39 bits per heavy atom. The number of nitrogens with zero attached hydrogens (tertiary/aromatic N) is 2. The number of nitrogens with one attached hydrogen (secondary N) is 1. The van der Waals surface area contributed by atoms with Crippen molar-refractivity contribution in [3.63, 3.8) is 0 Å². The summed E-state index contributed by atoms with van der Waals surface area (Å²) in [7, 11) is 0. The molecule has 1 N–H and O–H groups in total. The molecule has 3 aromatic rings. The molecule has 0 aliphatic carbocycles. The predicted octanol–water partition coefficient (Wildman–Crippen LogP) is 3.72. The summed E-state index contributed by atoms with van der Waals surface area (Å²) in [5.74, 6) is -1.25. The zero-order valence-corrected chi connectivity index (χ0v) is 18.9. The van der Waals surface area contributed by atoms with Gasteiger partial charge in [-0.25, -0.2) is 4.90 Å². The van der Waals surface area contributed by atoms with Crippen LogP contribution in [0.4, 0.5) is 11.4 Å². The van der Waals surface area contributed by atoms with Crippen molar-refractivity contribution in [1.82, 2.24) is 4.90 Å². The molecular formula is C25H23N3O4S. The van der Waals surface area contributed by atoms with Crippen LogP contribution in [0, 0.1) is 0 Å². The summed E-state index contributed by atoms with van der Waals surface area (Å²) in [5.41, 5.74) is 2.02. The second-order valence-electron chi connectivity index (χ2n) is 7.73. The third-order valence-corrected chi connectivity index (χ3v) is 6.28. The SMILES string of the molecule is CC(=O)Nc1ccc(N2C(=O)CC(N(CCc3ccccc3)C(=O)c3cccs3)C2=O)cc1. The summed E-state index contributed by atoms with van der Waals surface area (Å²) in [6, 6.07) is 18.9. The van der Waals surface area contributed by atoms with Crippen molar-refractivity contribution in [3.8, 4) is 0 Å². The predicted molar refractivity (Wildman–Crippen MR) is 127 cm³/mol. The zero-order chi connectivity index (χ0) is 23.4. The number of carbonyl (C=O) groups excluding carboxylic acids is 4. The van der Waals surface area contributed by atoms with Crippen LogP contribution in [0.25, 0.3) is 0 Å². The summed E-state index contributed by atoms with van der Waals surface area (Å²) in [6.45, 7) is 1.72. The molecule has 1 unspecified atom stereocenters. The van der Waals surface area contributed by atoms with E-state index >= 15 is 0 Å². The van der Waals surface area contributed by atoms with Crippen molar-refractivity contribution in [3.05, 3.63) is 82.6 Å². The van der Waals surface area contributed by atoms with Crippen LogP contribution in [0.5, 0.6) is 0 Å². The molecule has 0 saturated carbocycles. The van der Waals surface area contributed by atoms with Crippen LogP contribution in [0.2, 0.25) is 0 Å². The molecule has 1 saturated heterocycles. The lowest BCUT2D eigenvalue weighted by Gasteiger charge is -2.27. The Hall–Kier alpha value is -3.78. The molecule has 4 rings (SSSR count). The average molecular weight is 462 g/mol. The number of benzene rings is 2. The number of anilines is 2. The fourth-order valence-electron chi connectivity index (χ4n) is 3.86. The van der Waals surface area contributed by atoms with E-state index in [0.29, 0.717) is 29.2 Å². The molecule has 2 heterocycles. The molecule has 1 aliphatic heterocycles. The van der Waals surface area contributed by atoms with E-state index in [1.807, 2.05) is 35.7 Å². The van der Waals surface area contributed by atoms with Gasteiger partial charge in [-0.05, 0) is 47.7 Å². The Morgan fingerprint density at radius 1 is 1.03 bits per heavy atom. The molecular weight excluding hydrogens is 438 g/mol. The van der Waals surface area contributed by atoms with Crippen molar-refractivity contribution < 1.29 is 19.2 Å². The van der Waals surface area contributed by atoms with E-state index in [1.54, 1.807) is 36.4 Å². The van der Waals surface area contributed by atoms with Crippen molar-refractivity contribution in [2.75, 3.05) is 16.8 Å². The second-order valence-corrected chi connectivity index (χ2v) is 8.67. The molecule has 7 nitrogen and oxygen atoms in total. The number of thiophene rings is 1. The van der Waals surface area contributed by atoms with Gasteiger partial charge in [-0.2, -0.15) is 0 Å². The zero-order valence-electron chi connectivity index (χ0n) is 18.1. The van der Waals surface area contributed by atoms with E-state index in [1.165, 1.54) is 23.2 Å². The molecule has 2 aromatic carbocycles. The first kappa shape index (κ1) is 22.4. The first-order valence-electron chi connectivity index (χ1n) is 10.6. The Balaban J connectivity index is 1.57. The Bertz CT molecular complexity index is 1160. The summed E-state index contributed by atoms with van der Waals surface area (Å²) in [6.07, 6.45) is 0.500. The lowest BCUT2D eigenvalue weighted by molar-refractivity contribution is -0.122. The molecule has 1 atom stereocenters. The van der Waals surface area contributed by atoms with E-state index in [0.717, 1.165) is 10.5 Å². The first-order valence-corrected chi connectivity index (χ1v) is 11.4. The normalized spacial score (nSPS) is 15.5. The van der Waals surface area contributed by atoms with Gasteiger partial charge < -0.3 is 10.2 Å². The molecule has 33 heavy (non-hydrogen) atoms. The van der Waals surface area contributed by atoms with Crippen LogP contribution in [-0.2, 0) is 20.8 Å². The highest BCUT2D eigenvalue weighted by Crippen LogP contribution is 2.28. The van der Waals surface area contributed by atoms with E-state index in [2.05, 4.69) is 5.32 Å². The smallest absolute Gasteiger partial charge is 0.264 e. The number of imide groups is 1. The molecule has 4 amide bonds. The molecule has 8 heteroatoms. The molecule has 0 bridgehead atoms. The fraction of sp³-hybridized carbons (Fsp3) is 0.200. The van der Waals surface area contributed by atoms with E-state index in [-0.39, 0.29) is 24.1 Å². The number of hydrogen-bond donors (Lipinski definition) is 1. The monoisotopic (exact) mass is 461 g/mol. The Morgan fingerprint density at radius 2 is 1.76 bits per heavy atom. The largest absolute Gasteiger partial charge is 0.326 e. The van der Waals surface area contributed by atoms with Gasteiger partial charge in [-0.15, -0.1) is 11.3 Å². The topological polar surface area (TPSA) is 86.8 Å². The minimum absolute atomic E-state index is 0.0712. The van der Waals surface area contributed by atoms with Crippen molar-refractivity contribution in [2.45, 2.75) is 25.8 Å². The quantitative estimate of drug-likeness (QED) is 0.544. The van der Waals surface area contributed by atoms with Gasteiger partial charge in [0.2, 0.25) is 11.8 Å². The van der Waals surface area contributed by atoms with E-state index in [4.69, 9.17) is 0 Å². The Kier molecular flexibility index (Phi) is 6.65. The van der Waals surface area contributed by atoms with Crippen LogP contribution in [0.15, 0.2) is 72.1 Å². The summed E-state index contributed by atoms with van der Waals surface area (Å²) < 4.78 is 0. The minimum atomic E-state index is -0.870. The van der Waals surface area contributed by atoms with Gasteiger partial charge in [0.05, 0.1) is 17.0 Å². The maximum atomic E-state index is 13.4. The lowest BCUT2D eigenvalue weighted by atomic mass is 10.1. The average Bonchev–Trinajstić information content (AvgIpc) is 3.44. The lowest BCUT2D eigenvalue weighted by Crippen LogP contribution is -2.46. The highest BCUT2D eigenvalue weighted by atomic mass is 32.1. The molecule has 1 aromatic heterocycles. The van der Waals surface area contributed by atoms with Gasteiger partial charge in [0.15, 0.2) is 0 Å². The van der Waals surface area contributed by atoms with Crippen molar-refractivity contribution in [2.24, 2.45) is 0 Å². The van der Waals surface area contributed by atoms with Gasteiger partial charge in [0.1, 0.15) is 6.04 Å². The molecule has 0 spiro atoms. The maximum Gasteiger partial charge on any atom is 0.264 e. The standard InChI is InChI=1S/C25H23N3O4S/c1-17(29)26-19-9-11-20(12-10-19)28-23(30)16-21(24(28)31)27(25(32)22-8-5-15-33-22)14-13-18-6-3-2-4-7-18/h2-12,15,21H,13-14,16H2,1H3,(H,26,29). The second kappa shape index (κ2) is 9.79. The third kappa shape index (κ3) is 5.01. The highest BCUT2D eigenvalue weighted by Gasteiger charge is 2.44. The van der Waals surface area contributed by atoms with Gasteiger partial charge >= 0.3 is 0 Å². The maximum absolute atomic E-state index is 13.4. The van der Waals surface area contributed by atoms with Crippen LogP contribution < -0.4 is 10.2 Å². The number of hydrogen-bond acceptors (Lipinski definition) is 5. The van der Waals surface area contributed by atoms with Gasteiger partial charge in [-0.1, -0.05) is 36.4 Å². The Labute approximate surface area is 195 Å². The minimum Gasteiger partial charge on any atom is -0.326 e. The van der Waals surface area contributed by atoms with E-state index in [9.17, 15) is 19.2 Å². The van der Waals surface area contributed by atoms with Crippen LogP contribution in [0.1, 0.15) is 28.6 Å². The van der Waals surface area contributed by atoms with Gasteiger partial charge in [0.25, 0.3) is 11.8 Å². The molecule has 1 fully saturated rings. The van der Waals surface area contributed by atoms with Crippen molar-refractivity contribution in [1.29, 1.82) is 0 Å². The molecule has 1 aliphatic rings. The van der Waals surface area contributed by atoms with Gasteiger partial charge in [0, 0.05) is 19.2 Å². The van der Waals surface area contributed by atoms with Crippen molar-refractivity contribution >= 4 is 46.3 Å².